The molecular formula is C15H25BrN2O2. The van der Waals surface area contributed by atoms with Crippen molar-refractivity contribution in [3.8, 4) is 0 Å². The molecule has 0 aliphatic carbocycles. The van der Waals surface area contributed by atoms with Crippen LogP contribution in [0.25, 0.3) is 0 Å². The summed E-state index contributed by atoms with van der Waals surface area (Å²) in [6, 6.07) is 2.06. The molecule has 1 unspecified atom stereocenters. The SMILES string of the molecule is CC(O)CC(C)(C)CNC(=O)c1cc(Br)cn1C(C)C. The Balaban J connectivity index is 2.73. The molecule has 0 spiro atoms. The van der Waals surface area contributed by atoms with Crippen molar-refractivity contribution >= 4 is 21.8 Å². The summed E-state index contributed by atoms with van der Waals surface area (Å²) in [5.74, 6) is -0.0805. The zero-order chi connectivity index (χ0) is 15.5. The van der Waals surface area contributed by atoms with E-state index in [1.165, 1.54) is 0 Å². The van der Waals surface area contributed by atoms with E-state index in [-0.39, 0.29) is 23.5 Å². The van der Waals surface area contributed by atoms with Crippen molar-refractivity contribution in [3.63, 3.8) is 0 Å². The highest BCUT2D eigenvalue weighted by molar-refractivity contribution is 9.10. The summed E-state index contributed by atoms with van der Waals surface area (Å²) >= 11 is 3.41. The second-order valence-electron chi connectivity index (χ2n) is 6.44. The monoisotopic (exact) mass is 344 g/mol. The number of carbonyl (C=O) groups is 1. The normalized spacial score (nSPS) is 13.6. The first kappa shape index (κ1) is 17.2. The number of aliphatic hydroxyl groups excluding tert-OH is 1. The summed E-state index contributed by atoms with van der Waals surface area (Å²) < 4.78 is 2.85. The van der Waals surface area contributed by atoms with Gasteiger partial charge in [-0.3, -0.25) is 4.79 Å². The maximum Gasteiger partial charge on any atom is 0.267 e. The molecule has 114 valence electrons. The maximum atomic E-state index is 12.3. The minimum absolute atomic E-state index is 0.0805. The van der Waals surface area contributed by atoms with E-state index in [0.29, 0.717) is 18.7 Å². The number of hydrogen-bond donors (Lipinski definition) is 2. The molecule has 1 aromatic rings. The van der Waals surface area contributed by atoms with Gasteiger partial charge in [0.2, 0.25) is 0 Å². The summed E-state index contributed by atoms with van der Waals surface area (Å²) in [4.78, 5) is 12.3. The first-order valence-electron chi connectivity index (χ1n) is 6.96. The van der Waals surface area contributed by atoms with E-state index in [9.17, 15) is 9.90 Å². The topological polar surface area (TPSA) is 54.3 Å². The number of nitrogens with one attached hydrogen (secondary N) is 1. The molecule has 0 fully saturated rings. The zero-order valence-electron chi connectivity index (χ0n) is 12.9. The van der Waals surface area contributed by atoms with Crippen LogP contribution in [0.2, 0.25) is 0 Å². The van der Waals surface area contributed by atoms with Crippen LogP contribution in [-0.2, 0) is 0 Å². The number of aliphatic hydroxyl groups is 1. The molecular weight excluding hydrogens is 320 g/mol. The smallest absolute Gasteiger partial charge is 0.267 e. The van der Waals surface area contributed by atoms with E-state index in [2.05, 4.69) is 21.2 Å². The third kappa shape index (κ3) is 4.94. The average Bonchev–Trinajstić information content (AvgIpc) is 2.67. The van der Waals surface area contributed by atoms with Crippen molar-refractivity contribution in [1.82, 2.24) is 9.88 Å². The van der Waals surface area contributed by atoms with Crippen molar-refractivity contribution < 1.29 is 9.90 Å². The summed E-state index contributed by atoms with van der Waals surface area (Å²) in [6.45, 7) is 10.5. The van der Waals surface area contributed by atoms with Gasteiger partial charge in [-0.05, 0) is 54.6 Å². The molecule has 1 amide bonds. The lowest BCUT2D eigenvalue weighted by Gasteiger charge is -2.26. The lowest BCUT2D eigenvalue weighted by Crippen LogP contribution is -2.36. The molecule has 0 aliphatic rings. The maximum absolute atomic E-state index is 12.3. The Hall–Kier alpha value is -0.810. The van der Waals surface area contributed by atoms with Gasteiger partial charge < -0.3 is 15.0 Å². The van der Waals surface area contributed by atoms with E-state index >= 15 is 0 Å². The molecule has 1 atom stereocenters. The van der Waals surface area contributed by atoms with Crippen LogP contribution in [0.4, 0.5) is 0 Å². The molecule has 4 nitrogen and oxygen atoms in total. The van der Waals surface area contributed by atoms with Gasteiger partial charge in [0.15, 0.2) is 0 Å². The molecule has 1 rings (SSSR count). The predicted octanol–water partition coefficient (Wildman–Crippen LogP) is 3.36. The minimum atomic E-state index is -0.365. The fourth-order valence-corrected chi connectivity index (χ4v) is 2.77. The largest absolute Gasteiger partial charge is 0.393 e. The van der Waals surface area contributed by atoms with E-state index in [0.717, 1.165) is 4.47 Å². The molecule has 0 aliphatic heterocycles. The van der Waals surface area contributed by atoms with Crippen LogP contribution in [0.1, 0.15) is 57.6 Å². The third-order valence-electron chi connectivity index (χ3n) is 3.18. The number of rotatable bonds is 6. The fraction of sp³-hybridized carbons (Fsp3) is 0.667. The molecule has 5 heteroatoms. The molecule has 1 heterocycles. The van der Waals surface area contributed by atoms with Gasteiger partial charge >= 0.3 is 0 Å². The van der Waals surface area contributed by atoms with Gasteiger partial charge in [0.05, 0.1) is 6.10 Å². The highest BCUT2D eigenvalue weighted by Crippen LogP contribution is 2.22. The van der Waals surface area contributed by atoms with Crippen LogP contribution in [0.3, 0.4) is 0 Å². The Kier molecular flexibility index (Phi) is 5.83. The molecule has 20 heavy (non-hydrogen) atoms. The van der Waals surface area contributed by atoms with Crippen molar-refractivity contribution in [1.29, 1.82) is 0 Å². The molecule has 1 aromatic heterocycles. The van der Waals surface area contributed by atoms with Crippen molar-refractivity contribution in [2.45, 2.75) is 53.2 Å². The molecule has 0 saturated carbocycles. The summed E-state index contributed by atoms with van der Waals surface area (Å²) in [7, 11) is 0. The first-order chi connectivity index (χ1) is 9.12. The standard InChI is InChI=1S/C15H25BrN2O2/c1-10(2)18-8-12(16)6-13(18)14(20)17-9-15(4,5)7-11(3)19/h6,8,10-11,19H,7,9H2,1-5H3,(H,17,20). The van der Waals surface area contributed by atoms with Crippen molar-refractivity contribution in [2.24, 2.45) is 5.41 Å². The van der Waals surface area contributed by atoms with Crippen LogP contribution >= 0.6 is 15.9 Å². The number of amides is 1. The van der Waals surface area contributed by atoms with Crippen LogP contribution in [-0.4, -0.2) is 28.2 Å². The molecule has 0 saturated heterocycles. The molecule has 0 aromatic carbocycles. The van der Waals surface area contributed by atoms with Crippen LogP contribution in [0, 0.1) is 5.41 Å². The minimum Gasteiger partial charge on any atom is -0.393 e. The first-order valence-corrected chi connectivity index (χ1v) is 7.75. The predicted molar refractivity (Wildman–Crippen MR) is 84.9 cm³/mol. The van der Waals surface area contributed by atoms with Gasteiger partial charge in [0.1, 0.15) is 5.69 Å². The highest BCUT2D eigenvalue weighted by atomic mass is 79.9. The summed E-state index contributed by atoms with van der Waals surface area (Å²) in [5.41, 5.74) is 0.524. The van der Waals surface area contributed by atoms with E-state index in [1.54, 1.807) is 6.92 Å². The number of halogens is 1. The zero-order valence-corrected chi connectivity index (χ0v) is 14.5. The highest BCUT2D eigenvalue weighted by Gasteiger charge is 2.22. The molecule has 2 N–H and O–H groups in total. The Morgan fingerprint density at radius 3 is 2.55 bits per heavy atom. The van der Waals surface area contributed by atoms with Crippen LogP contribution in [0.15, 0.2) is 16.7 Å². The third-order valence-corrected chi connectivity index (χ3v) is 3.61. The van der Waals surface area contributed by atoms with Gasteiger partial charge in [-0.2, -0.15) is 0 Å². The summed E-state index contributed by atoms with van der Waals surface area (Å²) in [5, 5.41) is 12.4. The van der Waals surface area contributed by atoms with Gasteiger partial charge in [0.25, 0.3) is 5.91 Å². The van der Waals surface area contributed by atoms with Crippen molar-refractivity contribution in [2.75, 3.05) is 6.54 Å². The average molecular weight is 345 g/mol. The van der Waals surface area contributed by atoms with Crippen LogP contribution in [0.5, 0.6) is 0 Å². The molecule has 0 bridgehead atoms. The number of aromatic nitrogens is 1. The lowest BCUT2D eigenvalue weighted by molar-refractivity contribution is 0.0892. The van der Waals surface area contributed by atoms with E-state index < -0.39 is 0 Å². The van der Waals surface area contributed by atoms with Gasteiger partial charge in [0, 0.05) is 23.3 Å². The van der Waals surface area contributed by atoms with E-state index in [1.807, 2.05) is 44.5 Å². The number of nitrogens with zero attached hydrogens (tertiary/aromatic N) is 1. The Labute approximate surface area is 129 Å². The number of carbonyl (C=O) groups excluding carboxylic acids is 1. The Morgan fingerprint density at radius 1 is 1.45 bits per heavy atom. The van der Waals surface area contributed by atoms with E-state index in [4.69, 9.17) is 0 Å². The van der Waals surface area contributed by atoms with Gasteiger partial charge in [-0.25, -0.2) is 0 Å². The second kappa shape index (κ2) is 6.76. The van der Waals surface area contributed by atoms with Gasteiger partial charge in [-0.1, -0.05) is 13.8 Å². The quantitative estimate of drug-likeness (QED) is 0.831. The van der Waals surface area contributed by atoms with Gasteiger partial charge in [-0.15, -0.1) is 0 Å². The number of hydrogen-bond acceptors (Lipinski definition) is 2. The van der Waals surface area contributed by atoms with Crippen molar-refractivity contribution in [3.05, 3.63) is 22.4 Å². The lowest BCUT2D eigenvalue weighted by atomic mass is 9.87. The Morgan fingerprint density at radius 2 is 2.05 bits per heavy atom. The molecule has 0 radical (unpaired) electrons. The van der Waals surface area contributed by atoms with Crippen LogP contribution < -0.4 is 5.32 Å². The Bertz CT molecular complexity index is 464. The fourth-order valence-electron chi connectivity index (χ4n) is 2.34. The second-order valence-corrected chi connectivity index (χ2v) is 7.36. The summed E-state index contributed by atoms with van der Waals surface area (Å²) in [6.07, 6.45) is 2.21.